The Hall–Kier alpha value is -3.18. The summed E-state index contributed by atoms with van der Waals surface area (Å²) in [5, 5.41) is 0. The van der Waals surface area contributed by atoms with Crippen molar-refractivity contribution in [2.24, 2.45) is 11.3 Å². The highest BCUT2D eigenvalue weighted by atomic mass is 32.2. The van der Waals surface area contributed by atoms with Gasteiger partial charge in [-0.15, -0.1) is 0 Å². The highest BCUT2D eigenvalue weighted by molar-refractivity contribution is 7.92. The molecule has 4 bridgehead atoms. The molecular weight excluding hydrogens is 553 g/mol. The molecule has 2 fully saturated rings. The van der Waals surface area contributed by atoms with Crippen molar-refractivity contribution < 1.29 is 26.3 Å². The third-order valence-electron chi connectivity index (χ3n) is 8.89. The summed E-state index contributed by atoms with van der Waals surface area (Å²) in [5.74, 6) is 0.0641. The fourth-order valence-corrected chi connectivity index (χ4v) is 7.29. The summed E-state index contributed by atoms with van der Waals surface area (Å²) >= 11 is 0. The zero-order chi connectivity index (χ0) is 29.0. The lowest BCUT2D eigenvalue weighted by Gasteiger charge is -2.39. The van der Waals surface area contributed by atoms with E-state index >= 15 is 0 Å². The molecule has 218 valence electrons. The molecule has 1 N–H and O–H groups in total. The maximum absolute atomic E-state index is 13.6. The van der Waals surface area contributed by atoms with Crippen LogP contribution >= 0.6 is 0 Å². The van der Waals surface area contributed by atoms with Crippen molar-refractivity contribution in [3.05, 3.63) is 65.2 Å². The van der Waals surface area contributed by atoms with Gasteiger partial charge in [0.15, 0.2) is 0 Å². The van der Waals surface area contributed by atoms with E-state index in [0.29, 0.717) is 31.7 Å². The molecule has 41 heavy (non-hydrogen) atoms. The lowest BCUT2D eigenvalue weighted by atomic mass is 9.80. The predicted octanol–water partition coefficient (Wildman–Crippen LogP) is 6.09. The van der Waals surface area contributed by atoms with Gasteiger partial charge in [-0.1, -0.05) is 30.3 Å². The van der Waals surface area contributed by atoms with Gasteiger partial charge in [0, 0.05) is 24.1 Å². The van der Waals surface area contributed by atoms with E-state index in [1.807, 2.05) is 38.1 Å². The fourth-order valence-electron chi connectivity index (χ4n) is 6.29. The van der Waals surface area contributed by atoms with E-state index in [1.54, 1.807) is 24.3 Å². The molecule has 2 aromatic carbocycles. The van der Waals surface area contributed by atoms with Gasteiger partial charge < -0.3 is 9.64 Å². The minimum absolute atomic E-state index is 0.0160. The molecule has 2 atom stereocenters. The molecule has 1 saturated carbocycles. The van der Waals surface area contributed by atoms with E-state index in [-0.39, 0.29) is 54.4 Å². The van der Waals surface area contributed by atoms with Gasteiger partial charge in [0.05, 0.1) is 22.6 Å². The van der Waals surface area contributed by atoms with Gasteiger partial charge in [0.25, 0.3) is 10.0 Å². The van der Waals surface area contributed by atoms with Gasteiger partial charge in [-0.05, 0) is 87.4 Å². The number of piperidine rings is 1. The number of sulfonamides is 1. The van der Waals surface area contributed by atoms with Crippen LogP contribution in [0.3, 0.4) is 0 Å². The summed E-state index contributed by atoms with van der Waals surface area (Å²) in [6.45, 7) is 5.77. The second kappa shape index (κ2) is 10.3. The number of rotatable bonds is 4. The molecule has 0 spiro atoms. The summed E-state index contributed by atoms with van der Waals surface area (Å²) in [7, 11) is -3.99. The average molecular weight is 587 g/mol. The molecule has 7 nitrogen and oxygen atoms in total. The van der Waals surface area contributed by atoms with Crippen LogP contribution in [0.2, 0.25) is 0 Å². The molecule has 11 heteroatoms. The molecule has 1 unspecified atom stereocenters. The Morgan fingerprint density at radius 3 is 2.51 bits per heavy atom. The lowest BCUT2D eigenvalue weighted by molar-refractivity contribution is -0.190. The molecule has 1 aliphatic carbocycles. The highest BCUT2D eigenvalue weighted by Gasteiger charge is 2.62. The predicted molar refractivity (Wildman–Crippen MR) is 149 cm³/mol. The number of alkyl halides is 3. The smallest absolute Gasteiger partial charge is 0.394 e. The summed E-state index contributed by atoms with van der Waals surface area (Å²) in [6, 6.07) is 14.4. The Kier molecular flexibility index (Phi) is 7.01. The van der Waals surface area contributed by atoms with Crippen molar-refractivity contribution in [2.45, 2.75) is 56.5 Å². The minimum Gasteiger partial charge on any atom is -0.477 e. The molecule has 1 aromatic heterocycles. The van der Waals surface area contributed by atoms with Crippen molar-refractivity contribution in [1.82, 2.24) is 14.9 Å². The molecule has 0 amide bonds. The Morgan fingerprint density at radius 1 is 1.07 bits per heavy atom. The Bertz CT molecular complexity index is 1550. The molecule has 3 aliphatic rings. The number of fused-ring (bicyclic) bond motifs is 6. The molecule has 2 aliphatic heterocycles. The molecule has 1 saturated heterocycles. The molecule has 6 rings (SSSR count). The van der Waals surface area contributed by atoms with Crippen molar-refractivity contribution >= 4 is 16.0 Å². The van der Waals surface area contributed by atoms with Crippen LogP contribution in [0.4, 0.5) is 19.1 Å². The van der Waals surface area contributed by atoms with Crippen molar-refractivity contribution in [2.75, 3.05) is 31.0 Å². The number of nitrogens with zero attached hydrogens (tertiary/aromatic N) is 3. The first-order valence-corrected chi connectivity index (χ1v) is 15.4. The van der Waals surface area contributed by atoms with E-state index in [9.17, 15) is 21.6 Å². The van der Waals surface area contributed by atoms with Crippen LogP contribution < -0.4 is 9.46 Å². The van der Waals surface area contributed by atoms with E-state index < -0.39 is 21.6 Å². The minimum atomic E-state index is -4.17. The van der Waals surface area contributed by atoms with Gasteiger partial charge in [-0.25, -0.2) is 18.1 Å². The van der Waals surface area contributed by atoms with Gasteiger partial charge in [-0.2, -0.15) is 18.2 Å². The SMILES string of the molecule is Cc1cccc(C)c1-c1cc2nc(n1)NS(=O)(=O)c1cccc(c1)C1CCN(CCC3(C(F)(F)F)CC3)C[C@@H]1CO2. The van der Waals surface area contributed by atoms with Crippen LogP contribution in [0.15, 0.2) is 53.4 Å². The number of halogens is 3. The maximum atomic E-state index is 13.6. The third kappa shape index (κ3) is 5.53. The number of likely N-dealkylation sites (tertiary alicyclic amines) is 1. The van der Waals surface area contributed by atoms with Gasteiger partial charge in [0.2, 0.25) is 11.8 Å². The Morgan fingerprint density at radius 2 is 1.80 bits per heavy atom. The van der Waals surface area contributed by atoms with E-state index in [4.69, 9.17) is 4.74 Å². The van der Waals surface area contributed by atoms with Gasteiger partial charge >= 0.3 is 6.18 Å². The highest BCUT2D eigenvalue weighted by Crippen LogP contribution is 2.60. The lowest BCUT2D eigenvalue weighted by Crippen LogP contribution is -2.43. The summed E-state index contributed by atoms with van der Waals surface area (Å²) in [4.78, 5) is 11.1. The molecule has 3 aromatic rings. The fraction of sp³-hybridized carbons (Fsp3) is 0.467. The van der Waals surface area contributed by atoms with Crippen LogP contribution in [-0.4, -0.2) is 55.7 Å². The van der Waals surface area contributed by atoms with Gasteiger partial charge in [-0.3, -0.25) is 0 Å². The molecule has 3 heterocycles. The van der Waals surface area contributed by atoms with Crippen LogP contribution in [0.1, 0.15) is 48.3 Å². The maximum Gasteiger partial charge on any atom is 0.394 e. The number of ether oxygens (including phenoxy) is 1. The normalized spacial score (nSPS) is 23.2. The van der Waals surface area contributed by atoms with Crippen LogP contribution in [0.5, 0.6) is 5.88 Å². The van der Waals surface area contributed by atoms with Crippen LogP contribution in [0.25, 0.3) is 11.3 Å². The number of hydrogen-bond donors (Lipinski definition) is 1. The first kappa shape index (κ1) is 28.0. The molecule has 0 radical (unpaired) electrons. The first-order chi connectivity index (χ1) is 19.4. The third-order valence-corrected chi connectivity index (χ3v) is 10.2. The Balaban J connectivity index is 1.34. The second-order valence-corrected chi connectivity index (χ2v) is 13.3. The van der Waals surface area contributed by atoms with Crippen molar-refractivity contribution in [3.8, 4) is 17.1 Å². The van der Waals surface area contributed by atoms with E-state index in [0.717, 1.165) is 22.3 Å². The number of anilines is 1. The number of nitrogens with one attached hydrogen (secondary N) is 1. The topological polar surface area (TPSA) is 84.4 Å². The van der Waals surface area contributed by atoms with Crippen molar-refractivity contribution in [1.29, 1.82) is 0 Å². The summed E-state index contributed by atoms with van der Waals surface area (Å²) in [6.07, 6.45) is -2.98. The van der Waals surface area contributed by atoms with E-state index in [2.05, 4.69) is 19.6 Å². The average Bonchev–Trinajstić information content (AvgIpc) is 3.72. The standard InChI is InChI=1S/C30H33F3N4O3S/c1-19-5-3-6-20(2)27(19)25-16-26-35-28(34-25)36-41(38,39)23-8-4-7-21(15-23)24-9-13-37(17-22(24)18-40-26)14-12-29(10-11-29)30(31,32)33/h3-8,15-16,22,24H,9-14,17-18H2,1-2H3,(H,34,35,36)/t22-,24?/m1/s1. The summed E-state index contributed by atoms with van der Waals surface area (Å²) in [5.41, 5.74) is 2.70. The Labute approximate surface area is 238 Å². The second-order valence-electron chi connectivity index (χ2n) is 11.7. The van der Waals surface area contributed by atoms with Crippen molar-refractivity contribution in [3.63, 3.8) is 0 Å². The monoisotopic (exact) mass is 586 g/mol. The number of aryl methyl sites for hydroxylation is 2. The largest absolute Gasteiger partial charge is 0.477 e. The van der Waals surface area contributed by atoms with Crippen LogP contribution in [-0.2, 0) is 10.0 Å². The summed E-state index contributed by atoms with van der Waals surface area (Å²) < 4.78 is 76.3. The first-order valence-electron chi connectivity index (χ1n) is 13.9. The quantitative estimate of drug-likeness (QED) is 0.398. The number of aromatic nitrogens is 2. The van der Waals surface area contributed by atoms with Crippen LogP contribution in [0, 0.1) is 25.2 Å². The zero-order valence-electron chi connectivity index (χ0n) is 23.0. The number of benzene rings is 2. The molecular formula is C30H33F3N4O3S. The number of hydrogen-bond acceptors (Lipinski definition) is 6. The van der Waals surface area contributed by atoms with E-state index in [1.165, 1.54) is 0 Å². The zero-order valence-corrected chi connectivity index (χ0v) is 23.9. The van der Waals surface area contributed by atoms with Gasteiger partial charge in [0.1, 0.15) is 0 Å².